The van der Waals surface area contributed by atoms with Gasteiger partial charge in [0, 0.05) is 0 Å². The molecule has 0 fully saturated rings. The molecule has 74 valence electrons. The summed E-state index contributed by atoms with van der Waals surface area (Å²) < 4.78 is 0. The number of rotatable bonds is 5. The van der Waals surface area contributed by atoms with Gasteiger partial charge < -0.3 is 15.8 Å². The van der Waals surface area contributed by atoms with Crippen molar-refractivity contribution in [2.45, 2.75) is 39.2 Å². The van der Waals surface area contributed by atoms with Crippen LogP contribution in [0.2, 0.25) is 0 Å². The Morgan fingerprint density at radius 1 is 1.50 bits per heavy atom. The lowest BCUT2D eigenvalue weighted by Crippen LogP contribution is -2.15. The van der Waals surface area contributed by atoms with Crippen LogP contribution in [0.3, 0.4) is 0 Å². The van der Waals surface area contributed by atoms with Crippen LogP contribution in [-0.4, -0.2) is 25.9 Å². The van der Waals surface area contributed by atoms with Crippen molar-refractivity contribution in [3.05, 3.63) is 0 Å². The smallest absolute Gasteiger partial charge is 0.136 e. The van der Waals surface area contributed by atoms with E-state index in [1.54, 1.807) is 6.92 Å². The van der Waals surface area contributed by atoms with Crippen LogP contribution in [-0.2, 0) is 4.79 Å². The van der Waals surface area contributed by atoms with Gasteiger partial charge in [-0.05, 0) is 26.9 Å². The number of carbonyl (C=O) groups excluding carboxylic acids is 1. The van der Waals surface area contributed by atoms with Gasteiger partial charge in [-0.1, -0.05) is 19.8 Å². The standard InChI is InChI=1S/C6H15N.C3H7NO/c1-3-4-5-6-7-2;1-3(4)2-5/h7H,3-6H2,1-2H3;2-3H,4H2,1H3/t;3-/m.0/s1. The molecule has 0 aromatic carbocycles. The fraction of sp³-hybridized carbons (Fsp3) is 0.889. The second kappa shape index (κ2) is 13.2. The predicted octanol–water partition coefficient (Wildman–Crippen LogP) is 0.929. The van der Waals surface area contributed by atoms with E-state index >= 15 is 0 Å². The number of hydrogen-bond acceptors (Lipinski definition) is 3. The molecule has 0 aliphatic carbocycles. The van der Waals surface area contributed by atoms with Crippen molar-refractivity contribution in [2.24, 2.45) is 5.73 Å². The maximum Gasteiger partial charge on any atom is 0.136 e. The van der Waals surface area contributed by atoms with Crippen LogP contribution in [0.4, 0.5) is 0 Å². The molecule has 0 saturated heterocycles. The molecule has 0 rings (SSSR count). The Balaban J connectivity index is 0. The van der Waals surface area contributed by atoms with E-state index < -0.39 is 0 Å². The van der Waals surface area contributed by atoms with Gasteiger partial charge in [0.15, 0.2) is 0 Å². The van der Waals surface area contributed by atoms with E-state index in [0.717, 1.165) is 0 Å². The van der Waals surface area contributed by atoms with Crippen molar-refractivity contribution in [2.75, 3.05) is 13.6 Å². The zero-order chi connectivity index (χ0) is 9.82. The zero-order valence-electron chi connectivity index (χ0n) is 8.47. The average molecular weight is 174 g/mol. The monoisotopic (exact) mass is 174 g/mol. The molecule has 3 heteroatoms. The number of unbranched alkanes of at least 4 members (excludes halogenated alkanes) is 2. The van der Waals surface area contributed by atoms with Crippen molar-refractivity contribution >= 4 is 6.29 Å². The number of aldehydes is 1. The quantitative estimate of drug-likeness (QED) is 0.481. The van der Waals surface area contributed by atoms with Crippen molar-refractivity contribution in [3.8, 4) is 0 Å². The maximum absolute atomic E-state index is 9.38. The molecule has 12 heavy (non-hydrogen) atoms. The highest BCUT2D eigenvalue weighted by molar-refractivity contribution is 5.55. The molecule has 0 saturated carbocycles. The van der Waals surface area contributed by atoms with E-state index in [9.17, 15) is 4.79 Å². The van der Waals surface area contributed by atoms with Gasteiger partial charge in [0.2, 0.25) is 0 Å². The Bertz CT molecular complexity index is 80.6. The molecule has 0 aliphatic heterocycles. The Hall–Kier alpha value is -0.410. The lowest BCUT2D eigenvalue weighted by Gasteiger charge is -1.93. The van der Waals surface area contributed by atoms with E-state index in [-0.39, 0.29) is 6.04 Å². The molecule has 1 atom stereocenters. The topological polar surface area (TPSA) is 55.1 Å². The second-order valence-corrected chi connectivity index (χ2v) is 2.81. The summed E-state index contributed by atoms with van der Waals surface area (Å²) in [5.41, 5.74) is 4.92. The van der Waals surface area contributed by atoms with Crippen LogP contribution < -0.4 is 11.1 Å². The summed E-state index contributed by atoms with van der Waals surface area (Å²) >= 11 is 0. The Kier molecular flexibility index (Phi) is 15.5. The maximum atomic E-state index is 9.38. The van der Waals surface area contributed by atoms with Gasteiger partial charge in [-0.3, -0.25) is 0 Å². The van der Waals surface area contributed by atoms with Crippen LogP contribution in [0.15, 0.2) is 0 Å². The Labute approximate surface area is 75.7 Å². The third-order valence-corrected chi connectivity index (χ3v) is 1.24. The molecule has 3 nitrogen and oxygen atoms in total. The third kappa shape index (κ3) is 22.6. The van der Waals surface area contributed by atoms with Gasteiger partial charge in [-0.15, -0.1) is 0 Å². The minimum absolute atomic E-state index is 0.296. The fourth-order valence-corrected chi connectivity index (χ4v) is 0.552. The van der Waals surface area contributed by atoms with Gasteiger partial charge >= 0.3 is 0 Å². The van der Waals surface area contributed by atoms with Crippen LogP contribution in [0.1, 0.15) is 33.1 Å². The first-order valence-corrected chi connectivity index (χ1v) is 4.54. The molecule has 0 aliphatic rings. The van der Waals surface area contributed by atoms with E-state index in [0.29, 0.717) is 6.29 Å². The fourth-order valence-electron chi connectivity index (χ4n) is 0.552. The predicted molar refractivity (Wildman–Crippen MR) is 53.2 cm³/mol. The average Bonchev–Trinajstić information content (AvgIpc) is 2.07. The van der Waals surface area contributed by atoms with Crippen LogP contribution in [0.25, 0.3) is 0 Å². The Morgan fingerprint density at radius 3 is 2.25 bits per heavy atom. The highest BCUT2D eigenvalue weighted by atomic mass is 16.1. The van der Waals surface area contributed by atoms with Crippen molar-refractivity contribution in [3.63, 3.8) is 0 Å². The van der Waals surface area contributed by atoms with Crippen LogP contribution in [0.5, 0.6) is 0 Å². The minimum Gasteiger partial charge on any atom is -0.322 e. The van der Waals surface area contributed by atoms with Gasteiger partial charge in [-0.2, -0.15) is 0 Å². The van der Waals surface area contributed by atoms with Gasteiger partial charge in [-0.25, -0.2) is 0 Å². The Morgan fingerprint density at radius 2 is 2.00 bits per heavy atom. The van der Waals surface area contributed by atoms with Crippen molar-refractivity contribution < 1.29 is 4.79 Å². The first-order valence-electron chi connectivity index (χ1n) is 4.54. The lowest BCUT2D eigenvalue weighted by atomic mass is 10.2. The van der Waals surface area contributed by atoms with Gasteiger partial charge in [0.05, 0.1) is 6.04 Å². The summed E-state index contributed by atoms with van der Waals surface area (Å²) in [7, 11) is 2.00. The largest absolute Gasteiger partial charge is 0.322 e. The summed E-state index contributed by atoms with van der Waals surface area (Å²) in [4.78, 5) is 9.38. The molecule has 0 amide bonds. The summed E-state index contributed by atoms with van der Waals surface area (Å²) in [6.45, 7) is 5.02. The second-order valence-electron chi connectivity index (χ2n) is 2.81. The van der Waals surface area contributed by atoms with E-state index in [4.69, 9.17) is 5.73 Å². The molecule has 0 aromatic rings. The molecular formula is C9H22N2O. The highest BCUT2D eigenvalue weighted by Crippen LogP contribution is 1.89. The van der Waals surface area contributed by atoms with E-state index in [2.05, 4.69) is 12.2 Å². The first kappa shape index (κ1) is 14.1. The molecular weight excluding hydrogens is 152 g/mol. The summed E-state index contributed by atoms with van der Waals surface area (Å²) in [5, 5.41) is 3.10. The summed E-state index contributed by atoms with van der Waals surface area (Å²) in [6.07, 6.45) is 4.70. The van der Waals surface area contributed by atoms with Crippen LogP contribution in [0, 0.1) is 0 Å². The molecule has 0 aromatic heterocycles. The van der Waals surface area contributed by atoms with E-state index in [1.807, 2.05) is 7.05 Å². The van der Waals surface area contributed by atoms with Crippen molar-refractivity contribution in [1.82, 2.24) is 5.32 Å². The first-order chi connectivity index (χ1) is 5.68. The number of carbonyl (C=O) groups is 1. The SMILES string of the molecule is CCCCCNC.C[C@H](N)C=O. The highest BCUT2D eigenvalue weighted by Gasteiger charge is 1.79. The molecule has 0 radical (unpaired) electrons. The van der Waals surface area contributed by atoms with E-state index in [1.165, 1.54) is 25.8 Å². The summed E-state index contributed by atoms with van der Waals surface area (Å²) in [6, 6.07) is -0.296. The number of hydrogen-bond donors (Lipinski definition) is 2. The number of nitrogens with two attached hydrogens (primary N) is 1. The number of nitrogens with one attached hydrogen (secondary N) is 1. The normalized spacial score (nSPS) is 11.3. The zero-order valence-corrected chi connectivity index (χ0v) is 8.47. The summed E-state index contributed by atoms with van der Waals surface area (Å²) in [5.74, 6) is 0. The molecule has 0 spiro atoms. The molecule has 0 heterocycles. The van der Waals surface area contributed by atoms with Gasteiger partial charge in [0.25, 0.3) is 0 Å². The van der Waals surface area contributed by atoms with Crippen molar-refractivity contribution in [1.29, 1.82) is 0 Å². The lowest BCUT2D eigenvalue weighted by molar-refractivity contribution is -0.108. The third-order valence-electron chi connectivity index (χ3n) is 1.24. The minimum atomic E-state index is -0.296. The van der Waals surface area contributed by atoms with Gasteiger partial charge in [0.1, 0.15) is 6.29 Å². The molecule has 0 bridgehead atoms. The van der Waals surface area contributed by atoms with Crippen LogP contribution >= 0.6 is 0 Å². The molecule has 0 unspecified atom stereocenters. The molecule has 3 N–H and O–H groups in total.